The smallest absolute Gasteiger partial charge is 0.0947 e. The molecule has 0 aromatic carbocycles. The Morgan fingerprint density at radius 3 is 2.67 bits per heavy atom. The van der Waals surface area contributed by atoms with E-state index in [0.717, 1.165) is 5.69 Å². The molecule has 0 aliphatic carbocycles. The van der Waals surface area contributed by atoms with Crippen LogP contribution in [0.4, 0.5) is 0 Å². The van der Waals surface area contributed by atoms with Crippen molar-refractivity contribution in [1.29, 1.82) is 0 Å². The average molecular weight is 126 g/mol. The van der Waals surface area contributed by atoms with E-state index in [1.165, 1.54) is 0 Å². The Bertz CT molecular complexity index is 193. The minimum absolute atomic E-state index is 0.453. The molecule has 0 aliphatic rings. The van der Waals surface area contributed by atoms with Gasteiger partial charge >= 0.3 is 0 Å². The highest BCUT2D eigenvalue weighted by Crippen LogP contribution is 2.05. The molecule has 0 bridgehead atoms. The zero-order valence-corrected chi connectivity index (χ0v) is 5.57. The molecule has 0 aliphatic heterocycles. The van der Waals surface area contributed by atoms with Crippen LogP contribution in [0.15, 0.2) is 12.5 Å². The van der Waals surface area contributed by atoms with Gasteiger partial charge in [-0.25, -0.2) is 4.98 Å². The molecule has 1 aromatic heterocycles. The Balaban J connectivity index is 2.85. The van der Waals surface area contributed by atoms with Crippen molar-refractivity contribution in [1.82, 2.24) is 9.55 Å². The molecule has 9 heavy (non-hydrogen) atoms. The summed E-state index contributed by atoms with van der Waals surface area (Å²) in [5.41, 5.74) is 0.720. The normalized spacial score (nSPS) is 13.7. The van der Waals surface area contributed by atoms with Gasteiger partial charge in [0.05, 0.1) is 18.1 Å². The van der Waals surface area contributed by atoms with E-state index in [2.05, 4.69) is 4.98 Å². The molecule has 0 spiro atoms. The third-order valence-corrected chi connectivity index (χ3v) is 1.15. The number of hydrogen-bond acceptors (Lipinski definition) is 2. The average Bonchev–Trinajstić information content (AvgIpc) is 2.14. The lowest BCUT2D eigenvalue weighted by atomic mass is 10.3. The molecule has 1 aromatic rings. The van der Waals surface area contributed by atoms with Crippen molar-refractivity contribution in [2.24, 2.45) is 7.05 Å². The zero-order valence-electron chi connectivity index (χ0n) is 5.57. The standard InChI is InChI=1S/C6H10N2O/c1-5(9)6-3-8(2)4-7-6/h3-5,9H,1-2H3/t5-/m0/s1. The van der Waals surface area contributed by atoms with Crippen LogP contribution in [0.2, 0.25) is 0 Å². The van der Waals surface area contributed by atoms with Gasteiger partial charge < -0.3 is 9.67 Å². The quantitative estimate of drug-likeness (QED) is 0.594. The Kier molecular flexibility index (Phi) is 1.53. The van der Waals surface area contributed by atoms with Gasteiger partial charge in [-0.3, -0.25) is 0 Å². The van der Waals surface area contributed by atoms with Crippen LogP contribution in [-0.4, -0.2) is 14.7 Å². The van der Waals surface area contributed by atoms with Crippen molar-refractivity contribution in [2.75, 3.05) is 0 Å². The number of aryl methyl sites for hydroxylation is 1. The summed E-state index contributed by atoms with van der Waals surface area (Å²) in [6.45, 7) is 1.70. The van der Waals surface area contributed by atoms with Gasteiger partial charge in [0.15, 0.2) is 0 Å². The molecule has 0 fully saturated rings. The van der Waals surface area contributed by atoms with Crippen molar-refractivity contribution in [3.63, 3.8) is 0 Å². The summed E-state index contributed by atoms with van der Waals surface area (Å²) < 4.78 is 1.81. The molecule has 50 valence electrons. The van der Waals surface area contributed by atoms with Crippen LogP contribution < -0.4 is 0 Å². The summed E-state index contributed by atoms with van der Waals surface area (Å²) in [5.74, 6) is 0. The monoisotopic (exact) mass is 126 g/mol. The maximum Gasteiger partial charge on any atom is 0.0947 e. The minimum atomic E-state index is -0.453. The molecular formula is C6H10N2O. The van der Waals surface area contributed by atoms with Gasteiger partial charge in [0.25, 0.3) is 0 Å². The Labute approximate surface area is 54.0 Å². The van der Waals surface area contributed by atoms with Crippen molar-refractivity contribution < 1.29 is 5.11 Å². The lowest BCUT2D eigenvalue weighted by Crippen LogP contribution is -1.89. The van der Waals surface area contributed by atoms with E-state index in [9.17, 15) is 0 Å². The van der Waals surface area contributed by atoms with Crippen molar-refractivity contribution in [3.05, 3.63) is 18.2 Å². The first-order valence-electron chi connectivity index (χ1n) is 2.86. The fourth-order valence-corrected chi connectivity index (χ4v) is 0.649. The highest BCUT2D eigenvalue weighted by atomic mass is 16.3. The summed E-state index contributed by atoms with van der Waals surface area (Å²) in [6, 6.07) is 0. The molecule has 0 radical (unpaired) electrons. The van der Waals surface area contributed by atoms with Gasteiger partial charge in [0.1, 0.15) is 0 Å². The highest BCUT2D eigenvalue weighted by molar-refractivity contribution is 4.98. The summed E-state index contributed by atoms with van der Waals surface area (Å²) in [7, 11) is 1.87. The van der Waals surface area contributed by atoms with E-state index in [4.69, 9.17) is 5.11 Å². The van der Waals surface area contributed by atoms with Gasteiger partial charge in [-0.1, -0.05) is 0 Å². The SMILES string of the molecule is C[C@H](O)c1cn(C)cn1. The lowest BCUT2D eigenvalue weighted by Gasteiger charge is -1.94. The van der Waals surface area contributed by atoms with E-state index in [1.54, 1.807) is 19.4 Å². The molecule has 0 unspecified atom stereocenters. The molecular weight excluding hydrogens is 116 g/mol. The Hall–Kier alpha value is -0.830. The van der Waals surface area contributed by atoms with Crippen LogP contribution in [0.1, 0.15) is 18.7 Å². The van der Waals surface area contributed by atoms with Gasteiger partial charge in [0.2, 0.25) is 0 Å². The van der Waals surface area contributed by atoms with Gasteiger partial charge in [0, 0.05) is 13.2 Å². The van der Waals surface area contributed by atoms with E-state index >= 15 is 0 Å². The number of aliphatic hydroxyl groups excluding tert-OH is 1. The summed E-state index contributed by atoms with van der Waals surface area (Å²) in [5, 5.41) is 8.96. The van der Waals surface area contributed by atoms with Crippen LogP contribution in [0.3, 0.4) is 0 Å². The third-order valence-electron chi connectivity index (χ3n) is 1.15. The number of nitrogens with zero attached hydrogens (tertiary/aromatic N) is 2. The molecule has 0 saturated carbocycles. The maximum atomic E-state index is 8.96. The summed E-state index contributed by atoms with van der Waals surface area (Å²) in [6.07, 6.45) is 3.01. The largest absolute Gasteiger partial charge is 0.387 e. The van der Waals surface area contributed by atoms with Crippen LogP contribution in [0.25, 0.3) is 0 Å². The number of imidazole rings is 1. The Morgan fingerprint density at radius 1 is 1.78 bits per heavy atom. The molecule has 1 atom stereocenters. The van der Waals surface area contributed by atoms with Gasteiger partial charge in [-0.05, 0) is 6.92 Å². The van der Waals surface area contributed by atoms with E-state index < -0.39 is 6.10 Å². The lowest BCUT2D eigenvalue weighted by molar-refractivity contribution is 0.195. The molecule has 1 N–H and O–H groups in total. The highest BCUT2D eigenvalue weighted by Gasteiger charge is 2.01. The molecule has 3 heteroatoms. The molecule has 0 saturated heterocycles. The number of hydrogen-bond donors (Lipinski definition) is 1. The number of aromatic nitrogens is 2. The maximum absolute atomic E-state index is 8.96. The zero-order chi connectivity index (χ0) is 6.85. The number of aliphatic hydroxyl groups is 1. The molecule has 1 rings (SSSR count). The van der Waals surface area contributed by atoms with Crippen LogP contribution >= 0.6 is 0 Å². The first kappa shape index (κ1) is 6.29. The first-order chi connectivity index (χ1) is 4.20. The fraction of sp³-hybridized carbons (Fsp3) is 0.500. The number of rotatable bonds is 1. The Morgan fingerprint density at radius 2 is 2.44 bits per heavy atom. The van der Waals surface area contributed by atoms with E-state index in [-0.39, 0.29) is 0 Å². The van der Waals surface area contributed by atoms with Crippen molar-refractivity contribution >= 4 is 0 Å². The van der Waals surface area contributed by atoms with Crippen LogP contribution in [0.5, 0.6) is 0 Å². The first-order valence-corrected chi connectivity index (χ1v) is 2.86. The summed E-state index contributed by atoms with van der Waals surface area (Å²) in [4.78, 5) is 3.93. The molecule has 1 heterocycles. The predicted octanol–water partition coefficient (Wildman–Crippen LogP) is 0.473. The molecule has 3 nitrogen and oxygen atoms in total. The van der Waals surface area contributed by atoms with E-state index in [1.807, 2.05) is 11.6 Å². The second-order valence-electron chi connectivity index (χ2n) is 2.14. The molecule has 0 amide bonds. The fourth-order valence-electron chi connectivity index (χ4n) is 0.649. The minimum Gasteiger partial charge on any atom is -0.387 e. The van der Waals surface area contributed by atoms with E-state index in [0.29, 0.717) is 0 Å². The van der Waals surface area contributed by atoms with Crippen LogP contribution in [0, 0.1) is 0 Å². The topological polar surface area (TPSA) is 38.0 Å². The van der Waals surface area contributed by atoms with Gasteiger partial charge in [-0.15, -0.1) is 0 Å². The van der Waals surface area contributed by atoms with Crippen molar-refractivity contribution in [2.45, 2.75) is 13.0 Å². The van der Waals surface area contributed by atoms with Gasteiger partial charge in [-0.2, -0.15) is 0 Å². The second kappa shape index (κ2) is 2.19. The third kappa shape index (κ3) is 1.29. The summed E-state index contributed by atoms with van der Waals surface area (Å²) >= 11 is 0. The van der Waals surface area contributed by atoms with Crippen molar-refractivity contribution in [3.8, 4) is 0 Å². The predicted molar refractivity (Wildman–Crippen MR) is 33.8 cm³/mol. The van der Waals surface area contributed by atoms with Crippen LogP contribution in [-0.2, 0) is 7.05 Å². The second-order valence-corrected chi connectivity index (χ2v) is 2.14.